The number of hydrogen-bond acceptors (Lipinski definition) is 3. The Morgan fingerprint density at radius 2 is 1.93 bits per heavy atom. The predicted molar refractivity (Wildman–Crippen MR) is 106 cm³/mol. The Bertz CT molecular complexity index is 1050. The summed E-state index contributed by atoms with van der Waals surface area (Å²) in [5.41, 5.74) is 3.86. The minimum atomic E-state index is -0.164. The van der Waals surface area contributed by atoms with Gasteiger partial charge in [-0.05, 0) is 43.9 Å². The summed E-state index contributed by atoms with van der Waals surface area (Å²) >= 11 is 0. The molecule has 1 amide bonds. The third-order valence-corrected chi connectivity index (χ3v) is 5.40. The molecule has 1 saturated heterocycles. The van der Waals surface area contributed by atoms with Gasteiger partial charge < -0.3 is 4.90 Å². The van der Waals surface area contributed by atoms with Crippen LogP contribution in [0, 0.1) is 13.8 Å². The number of nitrogens with zero attached hydrogens (tertiary/aromatic N) is 3. The van der Waals surface area contributed by atoms with Crippen LogP contribution in [-0.4, -0.2) is 26.9 Å². The van der Waals surface area contributed by atoms with E-state index < -0.39 is 0 Å². The quantitative estimate of drug-likeness (QED) is 0.719. The maximum Gasteiger partial charge on any atom is 0.261 e. The molecule has 2 heterocycles. The number of aromatic nitrogens is 2. The zero-order valence-electron chi connectivity index (χ0n) is 15.7. The van der Waals surface area contributed by atoms with Crippen LogP contribution < -0.4 is 5.56 Å². The first kappa shape index (κ1) is 17.5. The van der Waals surface area contributed by atoms with E-state index in [1.807, 2.05) is 24.0 Å². The third-order valence-electron chi connectivity index (χ3n) is 5.40. The molecule has 0 saturated carbocycles. The fraction of sp³-hybridized carbons (Fsp3) is 0.318. The van der Waals surface area contributed by atoms with E-state index in [4.69, 9.17) is 0 Å². The van der Waals surface area contributed by atoms with E-state index in [2.05, 4.69) is 36.2 Å². The number of carbonyl (C=O) groups is 1. The van der Waals surface area contributed by atoms with Gasteiger partial charge in [-0.3, -0.25) is 14.2 Å². The number of fused-ring (bicyclic) bond motifs is 1. The van der Waals surface area contributed by atoms with Crippen LogP contribution in [0.4, 0.5) is 0 Å². The highest BCUT2D eigenvalue weighted by Gasteiger charge is 2.30. The van der Waals surface area contributed by atoms with Crippen molar-refractivity contribution in [3.8, 4) is 0 Å². The lowest BCUT2D eigenvalue weighted by Crippen LogP contribution is -2.36. The van der Waals surface area contributed by atoms with E-state index in [0.717, 1.165) is 30.5 Å². The van der Waals surface area contributed by atoms with Crippen molar-refractivity contribution < 1.29 is 4.79 Å². The molecule has 0 bridgehead atoms. The van der Waals surface area contributed by atoms with Crippen LogP contribution in [0.1, 0.15) is 35.6 Å². The van der Waals surface area contributed by atoms with Crippen molar-refractivity contribution in [2.75, 3.05) is 6.54 Å². The van der Waals surface area contributed by atoms with Crippen molar-refractivity contribution >= 4 is 16.8 Å². The molecule has 0 aliphatic carbocycles. The van der Waals surface area contributed by atoms with Gasteiger partial charge in [-0.2, -0.15) is 0 Å². The first-order valence-electron chi connectivity index (χ1n) is 9.35. The molecule has 5 heteroatoms. The summed E-state index contributed by atoms with van der Waals surface area (Å²) < 4.78 is 1.43. The topological polar surface area (TPSA) is 55.2 Å². The number of para-hydroxylation sites is 1. The molecule has 1 aliphatic heterocycles. The van der Waals surface area contributed by atoms with Gasteiger partial charge in [-0.25, -0.2) is 4.98 Å². The van der Waals surface area contributed by atoms with Crippen LogP contribution in [0.2, 0.25) is 0 Å². The van der Waals surface area contributed by atoms with Gasteiger partial charge in [0.1, 0.15) is 6.54 Å². The largest absolute Gasteiger partial charge is 0.334 e. The van der Waals surface area contributed by atoms with Crippen molar-refractivity contribution in [3.05, 3.63) is 75.8 Å². The molecular weight excluding hydrogens is 338 g/mol. The SMILES string of the molecule is Cc1ccc([C@@H]2CCCN2C(=O)Cn2cnc3c(C)cccc3c2=O)cc1. The summed E-state index contributed by atoms with van der Waals surface area (Å²) in [6.45, 7) is 4.74. The molecule has 4 rings (SSSR count). The zero-order valence-corrected chi connectivity index (χ0v) is 15.7. The number of hydrogen-bond donors (Lipinski definition) is 0. The Labute approximate surface area is 158 Å². The summed E-state index contributed by atoms with van der Waals surface area (Å²) in [5.74, 6) is -0.0334. The van der Waals surface area contributed by atoms with Gasteiger partial charge in [0, 0.05) is 6.54 Å². The van der Waals surface area contributed by atoms with Crippen molar-refractivity contribution in [2.45, 2.75) is 39.3 Å². The first-order chi connectivity index (χ1) is 13.0. The fourth-order valence-electron chi connectivity index (χ4n) is 3.89. The Morgan fingerprint density at radius 1 is 1.15 bits per heavy atom. The van der Waals surface area contributed by atoms with Crippen LogP contribution in [0.15, 0.2) is 53.6 Å². The Morgan fingerprint density at radius 3 is 2.70 bits per heavy atom. The van der Waals surface area contributed by atoms with Gasteiger partial charge in [0.05, 0.1) is 23.3 Å². The van der Waals surface area contributed by atoms with Crippen LogP contribution in [0.25, 0.3) is 10.9 Å². The van der Waals surface area contributed by atoms with Gasteiger partial charge in [-0.15, -0.1) is 0 Å². The van der Waals surface area contributed by atoms with Gasteiger partial charge in [0.25, 0.3) is 5.56 Å². The summed E-state index contributed by atoms with van der Waals surface area (Å²) in [4.78, 5) is 32.0. The molecule has 1 fully saturated rings. The minimum absolute atomic E-state index is 0.0259. The summed E-state index contributed by atoms with van der Waals surface area (Å²) in [7, 11) is 0. The lowest BCUT2D eigenvalue weighted by Gasteiger charge is -2.25. The van der Waals surface area contributed by atoms with Crippen LogP contribution >= 0.6 is 0 Å². The summed E-state index contributed by atoms with van der Waals surface area (Å²) in [5, 5.41) is 0.557. The van der Waals surface area contributed by atoms with E-state index >= 15 is 0 Å². The van der Waals surface area contributed by atoms with E-state index in [-0.39, 0.29) is 24.1 Å². The molecule has 5 nitrogen and oxygen atoms in total. The van der Waals surface area contributed by atoms with E-state index in [1.165, 1.54) is 16.5 Å². The fourth-order valence-corrected chi connectivity index (χ4v) is 3.89. The highest BCUT2D eigenvalue weighted by atomic mass is 16.2. The van der Waals surface area contributed by atoms with Gasteiger partial charge in [0.2, 0.25) is 5.91 Å². The molecule has 27 heavy (non-hydrogen) atoms. The maximum absolute atomic E-state index is 13.0. The average Bonchev–Trinajstić information content (AvgIpc) is 3.15. The molecule has 2 aromatic carbocycles. The van der Waals surface area contributed by atoms with Crippen molar-refractivity contribution in [1.29, 1.82) is 0 Å². The van der Waals surface area contributed by atoms with Crippen molar-refractivity contribution in [3.63, 3.8) is 0 Å². The van der Waals surface area contributed by atoms with E-state index in [0.29, 0.717) is 10.9 Å². The molecule has 1 atom stereocenters. The van der Waals surface area contributed by atoms with E-state index in [1.54, 1.807) is 6.07 Å². The Kier molecular flexibility index (Phi) is 4.52. The molecule has 0 unspecified atom stereocenters. The lowest BCUT2D eigenvalue weighted by atomic mass is 10.0. The van der Waals surface area contributed by atoms with E-state index in [9.17, 15) is 9.59 Å². The molecule has 3 aromatic rings. The predicted octanol–water partition coefficient (Wildman–Crippen LogP) is 3.38. The number of aryl methyl sites for hydroxylation is 2. The Balaban J connectivity index is 1.60. The smallest absolute Gasteiger partial charge is 0.261 e. The monoisotopic (exact) mass is 361 g/mol. The Hall–Kier alpha value is -2.95. The maximum atomic E-state index is 13.0. The highest BCUT2D eigenvalue weighted by molar-refractivity contribution is 5.81. The molecule has 1 aromatic heterocycles. The standard InChI is InChI=1S/C22H23N3O2/c1-15-8-10-17(11-9-15)19-7-4-12-25(19)20(26)13-24-14-23-21-16(2)5-3-6-18(21)22(24)27/h3,5-6,8-11,14,19H,4,7,12-13H2,1-2H3/t19-/m0/s1. The minimum Gasteiger partial charge on any atom is -0.334 e. The number of benzene rings is 2. The average molecular weight is 361 g/mol. The van der Waals surface area contributed by atoms with Crippen LogP contribution in [0.3, 0.4) is 0 Å². The van der Waals surface area contributed by atoms with Gasteiger partial charge >= 0.3 is 0 Å². The lowest BCUT2D eigenvalue weighted by molar-refractivity contribution is -0.132. The number of likely N-dealkylation sites (tertiary alicyclic amines) is 1. The zero-order chi connectivity index (χ0) is 19.0. The van der Waals surface area contributed by atoms with Crippen molar-refractivity contribution in [2.24, 2.45) is 0 Å². The first-order valence-corrected chi connectivity index (χ1v) is 9.35. The summed E-state index contributed by atoms with van der Waals surface area (Å²) in [6, 6.07) is 14.0. The molecule has 0 radical (unpaired) electrons. The van der Waals surface area contributed by atoms with Gasteiger partial charge in [-0.1, -0.05) is 42.0 Å². The second kappa shape index (κ2) is 6.99. The number of rotatable bonds is 3. The number of carbonyl (C=O) groups excluding carboxylic acids is 1. The van der Waals surface area contributed by atoms with Crippen LogP contribution in [-0.2, 0) is 11.3 Å². The second-order valence-corrected chi connectivity index (χ2v) is 7.30. The van der Waals surface area contributed by atoms with Crippen LogP contribution in [0.5, 0.6) is 0 Å². The second-order valence-electron chi connectivity index (χ2n) is 7.30. The number of amides is 1. The normalized spacial score (nSPS) is 16.8. The molecular formula is C22H23N3O2. The molecule has 0 spiro atoms. The van der Waals surface area contributed by atoms with Gasteiger partial charge in [0.15, 0.2) is 0 Å². The molecule has 0 N–H and O–H groups in total. The summed E-state index contributed by atoms with van der Waals surface area (Å²) in [6.07, 6.45) is 3.43. The molecule has 1 aliphatic rings. The van der Waals surface area contributed by atoms with Crippen molar-refractivity contribution in [1.82, 2.24) is 14.5 Å². The third kappa shape index (κ3) is 3.25. The highest BCUT2D eigenvalue weighted by Crippen LogP contribution is 2.32. The molecule has 138 valence electrons.